The van der Waals surface area contributed by atoms with Crippen LogP contribution in [0.5, 0.6) is 0 Å². The fourth-order valence-corrected chi connectivity index (χ4v) is 0.753. The highest BCUT2D eigenvalue weighted by atomic mass is 16.5. The van der Waals surface area contributed by atoms with E-state index in [1.54, 1.807) is 13.2 Å². The maximum atomic E-state index is 11.0. The summed E-state index contributed by atoms with van der Waals surface area (Å²) in [5.41, 5.74) is 0. The van der Waals surface area contributed by atoms with Gasteiger partial charge in [0, 0.05) is 20.1 Å². The highest BCUT2D eigenvalue weighted by molar-refractivity contribution is 5.80. The fraction of sp³-hybridized carbons (Fsp3) is 0.667. The summed E-state index contributed by atoms with van der Waals surface area (Å²) in [4.78, 5) is 11.0. The van der Waals surface area contributed by atoms with E-state index in [0.29, 0.717) is 19.6 Å². The van der Waals surface area contributed by atoms with Gasteiger partial charge in [0.25, 0.3) is 0 Å². The molecule has 0 aromatic heterocycles. The first-order chi connectivity index (χ1) is 5.81. The number of allylic oxidation sites excluding steroid dienone is 1. The maximum absolute atomic E-state index is 11.0. The number of hydrogen-bond donors (Lipinski definition) is 1. The normalized spacial score (nSPS) is 9.75. The highest BCUT2D eigenvalue weighted by Crippen LogP contribution is 1.89. The summed E-state index contributed by atoms with van der Waals surface area (Å²) in [5, 5.41) is 2.99. The highest BCUT2D eigenvalue weighted by Gasteiger charge is 1.98. The minimum atomic E-state index is 0.228. The van der Waals surface area contributed by atoms with E-state index in [4.69, 9.17) is 4.74 Å². The van der Waals surface area contributed by atoms with Gasteiger partial charge in [-0.1, -0.05) is 6.08 Å². The van der Waals surface area contributed by atoms with Crippen molar-refractivity contribution in [2.45, 2.75) is 12.8 Å². The molecule has 0 aromatic rings. The Balaban J connectivity index is 3.13. The molecule has 0 rings (SSSR count). The van der Waals surface area contributed by atoms with Crippen molar-refractivity contribution >= 4 is 5.78 Å². The zero-order valence-corrected chi connectivity index (χ0v) is 7.64. The van der Waals surface area contributed by atoms with Gasteiger partial charge >= 0.3 is 0 Å². The van der Waals surface area contributed by atoms with Crippen LogP contribution in [-0.4, -0.2) is 32.6 Å². The van der Waals surface area contributed by atoms with Crippen molar-refractivity contribution in [2.24, 2.45) is 0 Å². The van der Waals surface area contributed by atoms with Gasteiger partial charge in [-0.15, -0.1) is 6.58 Å². The fourth-order valence-electron chi connectivity index (χ4n) is 0.753. The molecule has 0 aliphatic carbocycles. The summed E-state index contributed by atoms with van der Waals surface area (Å²) in [5.74, 6) is 0.228. The number of nitrogens with one attached hydrogen (secondary N) is 1. The molecule has 3 nitrogen and oxygen atoms in total. The molecule has 0 unspecified atom stereocenters. The quantitative estimate of drug-likeness (QED) is 0.433. The monoisotopic (exact) mass is 171 g/mol. The molecule has 0 saturated carbocycles. The van der Waals surface area contributed by atoms with Crippen LogP contribution in [0.3, 0.4) is 0 Å². The lowest BCUT2D eigenvalue weighted by atomic mass is 10.2. The summed E-state index contributed by atoms with van der Waals surface area (Å²) in [6.45, 7) is 5.37. The zero-order valence-electron chi connectivity index (χ0n) is 7.64. The second-order valence-corrected chi connectivity index (χ2v) is 2.54. The van der Waals surface area contributed by atoms with Crippen molar-refractivity contribution in [1.82, 2.24) is 5.32 Å². The Morgan fingerprint density at radius 3 is 3.00 bits per heavy atom. The topological polar surface area (TPSA) is 38.3 Å². The Bertz CT molecular complexity index is 134. The van der Waals surface area contributed by atoms with Crippen molar-refractivity contribution in [1.29, 1.82) is 0 Å². The number of ether oxygens (including phenoxy) is 1. The van der Waals surface area contributed by atoms with Crippen LogP contribution in [0.1, 0.15) is 12.8 Å². The van der Waals surface area contributed by atoms with E-state index in [2.05, 4.69) is 11.9 Å². The van der Waals surface area contributed by atoms with Crippen LogP contribution in [0.25, 0.3) is 0 Å². The summed E-state index contributed by atoms with van der Waals surface area (Å²) < 4.78 is 4.81. The third-order valence-electron chi connectivity index (χ3n) is 1.43. The first-order valence-electron chi connectivity index (χ1n) is 4.13. The molecule has 0 radical (unpaired) electrons. The number of carbonyl (C=O) groups is 1. The average Bonchev–Trinajstić information content (AvgIpc) is 2.09. The molecule has 3 heteroatoms. The molecule has 70 valence electrons. The van der Waals surface area contributed by atoms with E-state index in [9.17, 15) is 4.79 Å². The molecule has 0 atom stereocenters. The maximum Gasteiger partial charge on any atom is 0.146 e. The van der Waals surface area contributed by atoms with Gasteiger partial charge in [0.05, 0.1) is 13.2 Å². The number of hydrogen-bond acceptors (Lipinski definition) is 3. The first kappa shape index (κ1) is 11.3. The van der Waals surface area contributed by atoms with Gasteiger partial charge in [-0.3, -0.25) is 4.79 Å². The molecule has 0 saturated heterocycles. The number of ketones is 1. The third kappa shape index (κ3) is 7.44. The van der Waals surface area contributed by atoms with E-state index in [1.807, 2.05) is 0 Å². The minimum Gasteiger partial charge on any atom is -0.383 e. The molecule has 0 heterocycles. The molecule has 0 aromatic carbocycles. The van der Waals surface area contributed by atoms with Crippen molar-refractivity contribution in [3.63, 3.8) is 0 Å². The molecule has 0 fully saturated rings. The summed E-state index contributed by atoms with van der Waals surface area (Å²) in [7, 11) is 1.64. The van der Waals surface area contributed by atoms with Crippen LogP contribution in [0, 0.1) is 0 Å². The number of carbonyl (C=O) groups excluding carboxylic acids is 1. The molecule has 12 heavy (non-hydrogen) atoms. The van der Waals surface area contributed by atoms with Gasteiger partial charge in [-0.05, 0) is 6.42 Å². The Morgan fingerprint density at radius 1 is 1.67 bits per heavy atom. The molecule has 0 spiro atoms. The van der Waals surface area contributed by atoms with Crippen LogP contribution >= 0.6 is 0 Å². The smallest absolute Gasteiger partial charge is 0.146 e. The van der Waals surface area contributed by atoms with Gasteiger partial charge in [0.1, 0.15) is 5.78 Å². The number of Topliss-reactive ketones (excluding diaryl/α,β-unsaturated/α-hetero) is 1. The Labute approximate surface area is 73.8 Å². The minimum absolute atomic E-state index is 0.228. The van der Waals surface area contributed by atoms with Crippen LogP contribution < -0.4 is 5.32 Å². The predicted octanol–water partition coefficient (Wildman–Crippen LogP) is 0.758. The largest absolute Gasteiger partial charge is 0.383 e. The van der Waals surface area contributed by atoms with Gasteiger partial charge in [0.15, 0.2) is 0 Å². The van der Waals surface area contributed by atoms with E-state index in [-0.39, 0.29) is 5.78 Å². The molecule has 1 N–H and O–H groups in total. The van der Waals surface area contributed by atoms with Crippen LogP contribution in [0.4, 0.5) is 0 Å². The van der Waals surface area contributed by atoms with Crippen LogP contribution in [0.15, 0.2) is 12.7 Å². The number of rotatable bonds is 8. The Hall–Kier alpha value is -0.670. The molecular formula is C9H17NO2. The van der Waals surface area contributed by atoms with Gasteiger partial charge in [-0.25, -0.2) is 0 Å². The van der Waals surface area contributed by atoms with E-state index in [0.717, 1.165) is 13.0 Å². The summed E-state index contributed by atoms with van der Waals surface area (Å²) >= 11 is 0. The van der Waals surface area contributed by atoms with Crippen molar-refractivity contribution in [2.75, 3.05) is 26.8 Å². The lowest BCUT2D eigenvalue weighted by Crippen LogP contribution is -2.25. The molecule has 0 aliphatic rings. The lowest BCUT2D eigenvalue weighted by Gasteiger charge is -2.01. The standard InChI is InChI=1S/C9H17NO2/c1-3-4-5-9(11)8-10-6-7-12-2/h3,10H,1,4-8H2,2H3. The molecule has 0 amide bonds. The van der Waals surface area contributed by atoms with Crippen molar-refractivity contribution in [3.05, 3.63) is 12.7 Å². The van der Waals surface area contributed by atoms with Crippen LogP contribution in [-0.2, 0) is 9.53 Å². The average molecular weight is 171 g/mol. The predicted molar refractivity (Wildman–Crippen MR) is 49.2 cm³/mol. The zero-order chi connectivity index (χ0) is 9.23. The number of methoxy groups -OCH3 is 1. The van der Waals surface area contributed by atoms with E-state index >= 15 is 0 Å². The SMILES string of the molecule is C=CCCC(=O)CNCCOC. The second-order valence-electron chi connectivity index (χ2n) is 2.54. The molecule has 0 aliphatic heterocycles. The van der Waals surface area contributed by atoms with Gasteiger partial charge in [-0.2, -0.15) is 0 Å². The first-order valence-corrected chi connectivity index (χ1v) is 4.13. The third-order valence-corrected chi connectivity index (χ3v) is 1.43. The molecular weight excluding hydrogens is 154 g/mol. The van der Waals surface area contributed by atoms with E-state index in [1.165, 1.54) is 0 Å². The summed E-state index contributed by atoms with van der Waals surface area (Å²) in [6, 6.07) is 0. The van der Waals surface area contributed by atoms with Crippen molar-refractivity contribution in [3.8, 4) is 0 Å². The lowest BCUT2D eigenvalue weighted by molar-refractivity contribution is -0.118. The van der Waals surface area contributed by atoms with E-state index < -0.39 is 0 Å². The summed E-state index contributed by atoms with van der Waals surface area (Å²) in [6.07, 6.45) is 3.11. The second kappa shape index (κ2) is 8.43. The van der Waals surface area contributed by atoms with Gasteiger partial charge in [0.2, 0.25) is 0 Å². The van der Waals surface area contributed by atoms with Gasteiger partial charge < -0.3 is 10.1 Å². The Morgan fingerprint density at radius 2 is 2.42 bits per heavy atom. The van der Waals surface area contributed by atoms with Crippen molar-refractivity contribution < 1.29 is 9.53 Å². The Kier molecular flexibility index (Phi) is 7.96. The molecule has 0 bridgehead atoms. The van der Waals surface area contributed by atoms with Crippen LogP contribution in [0.2, 0.25) is 0 Å².